The normalized spacial score (nSPS) is 55.8. The molecule has 0 aromatic heterocycles. The minimum absolute atomic E-state index is 0.116. The second-order valence-corrected chi connectivity index (χ2v) is 11.3. The molecule has 0 unspecified atom stereocenters. The predicted octanol–water partition coefficient (Wildman–Crippen LogP) is 6.38. The van der Waals surface area contributed by atoms with E-state index >= 15 is 0 Å². The maximum absolute atomic E-state index is 10.7. The quantitative estimate of drug-likeness (QED) is 0.540. The molecule has 0 aliphatic heterocycles. The van der Waals surface area contributed by atoms with Crippen molar-refractivity contribution in [3.05, 3.63) is 23.8 Å². The Kier molecular flexibility index (Phi) is 4.50. The summed E-state index contributed by atoms with van der Waals surface area (Å²) in [6.45, 7) is 16.6. The first kappa shape index (κ1) is 18.8. The molecule has 26 heavy (non-hydrogen) atoms. The lowest BCUT2D eigenvalue weighted by molar-refractivity contribution is -0.0522. The van der Waals surface area contributed by atoms with Gasteiger partial charge in [0.25, 0.3) is 0 Å². The molecule has 3 saturated carbocycles. The van der Waals surface area contributed by atoms with Gasteiger partial charge in [0.15, 0.2) is 0 Å². The average Bonchev–Trinajstić information content (AvgIpc) is 3.03. The molecule has 1 heteroatoms. The van der Waals surface area contributed by atoms with Crippen molar-refractivity contribution in [1.29, 1.82) is 0 Å². The van der Waals surface area contributed by atoms with Gasteiger partial charge < -0.3 is 5.11 Å². The van der Waals surface area contributed by atoms with E-state index in [1.54, 1.807) is 0 Å². The molecule has 146 valence electrons. The fourth-order valence-corrected chi connectivity index (χ4v) is 8.10. The molecule has 0 amide bonds. The topological polar surface area (TPSA) is 20.2 Å². The third-order valence-corrected chi connectivity index (χ3v) is 9.64. The Morgan fingerprint density at radius 2 is 1.88 bits per heavy atom. The predicted molar refractivity (Wildman–Crippen MR) is 110 cm³/mol. The third kappa shape index (κ3) is 2.67. The van der Waals surface area contributed by atoms with Crippen LogP contribution in [0.25, 0.3) is 0 Å². The zero-order valence-corrected chi connectivity index (χ0v) is 17.7. The summed E-state index contributed by atoms with van der Waals surface area (Å²) in [7, 11) is 0. The first-order valence-corrected chi connectivity index (χ1v) is 11.2. The number of allylic oxidation sites excluding steroid dienone is 2. The summed E-state index contributed by atoms with van der Waals surface area (Å²) in [5.41, 5.74) is 3.86. The number of fused-ring (bicyclic) bond motifs is 4. The highest BCUT2D eigenvalue weighted by molar-refractivity contribution is 5.19. The van der Waals surface area contributed by atoms with Crippen LogP contribution >= 0.6 is 0 Å². The van der Waals surface area contributed by atoms with E-state index in [1.165, 1.54) is 49.7 Å². The van der Waals surface area contributed by atoms with Crippen LogP contribution in [0.4, 0.5) is 0 Å². The van der Waals surface area contributed by atoms with E-state index in [9.17, 15) is 5.11 Å². The summed E-state index contributed by atoms with van der Waals surface area (Å²) in [5, 5.41) is 10.7. The van der Waals surface area contributed by atoms with Crippen molar-refractivity contribution in [3.63, 3.8) is 0 Å². The molecule has 9 atom stereocenters. The van der Waals surface area contributed by atoms with Gasteiger partial charge in [-0.05, 0) is 99.2 Å². The number of rotatable bonds is 1. The van der Waals surface area contributed by atoms with E-state index in [1.807, 2.05) is 0 Å². The molecule has 4 aliphatic carbocycles. The summed E-state index contributed by atoms with van der Waals surface area (Å²) in [5.74, 6) is 4.05. The number of hydrogen-bond acceptors (Lipinski definition) is 1. The molecule has 0 heterocycles. The molecule has 3 fully saturated rings. The summed E-state index contributed by atoms with van der Waals surface area (Å²) in [6, 6.07) is 0. The Labute approximate surface area is 161 Å². The van der Waals surface area contributed by atoms with Gasteiger partial charge in [-0.2, -0.15) is 0 Å². The highest BCUT2D eigenvalue weighted by Crippen LogP contribution is 2.66. The average molecular weight is 357 g/mol. The van der Waals surface area contributed by atoms with Crippen LogP contribution in [0.3, 0.4) is 0 Å². The lowest BCUT2D eigenvalue weighted by atomic mass is 9.49. The summed E-state index contributed by atoms with van der Waals surface area (Å²) < 4.78 is 0. The number of hydrogen-bond donors (Lipinski definition) is 1. The summed E-state index contributed by atoms with van der Waals surface area (Å²) in [4.78, 5) is 0. The Morgan fingerprint density at radius 1 is 1.19 bits per heavy atom. The molecule has 1 N–H and O–H groups in total. The number of aliphatic hydroxyl groups excluding tert-OH is 1. The highest BCUT2D eigenvalue weighted by Gasteiger charge is 2.58. The van der Waals surface area contributed by atoms with Crippen LogP contribution in [-0.4, -0.2) is 11.2 Å². The molecule has 1 nitrogen and oxygen atoms in total. The number of aliphatic hydroxyl groups is 1. The van der Waals surface area contributed by atoms with Gasteiger partial charge >= 0.3 is 0 Å². The smallest absolute Gasteiger partial charge is 0.0610 e. The second kappa shape index (κ2) is 6.23. The van der Waals surface area contributed by atoms with E-state index in [2.05, 4.69) is 47.3 Å². The molecule has 0 radical (unpaired) electrons. The SMILES string of the molecule is C=C(C)[C@H]1CC[C@@]2(C)CC[C@]3(C)C[C@@H]4[C@H](/C(C)=C\C[C@H]3[C@H]12)[C@H](O)C[C@@H]4C. The standard InChI is InChI=1S/C25H40O/c1-15(2)18-9-10-24(5)11-12-25(6)14-19-17(4)13-21(26)22(19)16(3)7-8-20(25)23(18)24/h7,17-23,26H,1,8-14H2,2-6H3/b16-7-/t17-,18+,19-,20-,21+,22-,23-,24-,25+/m0/s1. The van der Waals surface area contributed by atoms with Gasteiger partial charge in [-0.15, -0.1) is 0 Å². The van der Waals surface area contributed by atoms with Gasteiger partial charge in [-0.3, -0.25) is 0 Å². The minimum Gasteiger partial charge on any atom is -0.392 e. The van der Waals surface area contributed by atoms with E-state index < -0.39 is 0 Å². The van der Waals surface area contributed by atoms with Crippen LogP contribution in [0.5, 0.6) is 0 Å². The van der Waals surface area contributed by atoms with Gasteiger partial charge in [0.2, 0.25) is 0 Å². The maximum atomic E-state index is 10.7. The van der Waals surface area contributed by atoms with Crippen LogP contribution < -0.4 is 0 Å². The summed E-state index contributed by atoms with van der Waals surface area (Å²) >= 11 is 0. The van der Waals surface area contributed by atoms with E-state index in [-0.39, 0.29) is 6.10 Å². The fraction of sp³-hybridized carbons (Fsp3) is 0.840. The van der Waals surface area contributed by atoms with E-state index in [0.29, 0.717) is 28.6 Å². The van der Waals surface area contributed by atoms with Crippen molar-refractivity contribution in [2.45, 2.75) is 85.7 Å². The van der Waals surface area contributed by atoms with Gasteiger partial charge in [0, 0.05) is 5.92 Å². The van der Waals surface area contributed by atoms with Crippen molar-refractivity contribution in [2.24, 2.45) is 46.3 Å². The van der Waals surface area contributed by atoms with Crippen LogP contribution in [-0.2, 0) is 0 Å². The van der Waals surface area contributed by atoms with E-state index in [0.717, 1.165) is 24.2 Å². The Bertz CT molecular complexity index is 618. The van der Waals surface area contributed by atoms with Crippen LogP contribution in [0.1, 0.15) is 79.6 Å². The molecule has 4 aliphatic rings. The van der Waals surface area contributed by atoms with Gasteiger partial charge in [0.1, 0.15) is 0 Å². The van der Waals surface area contributed by atoms with Crippen molar-refractivity contribution < 1.29 is 5.11 Å². The van der Waals surface area contributed by atoms with Gasteiger partial charge in [0.05, 0.1) is 6.10 Å². The Morgan fingerprint density at radius 3 is 2.58 bits per heavy atom. The largest absolute Gasteiger partial charge is 0.392 e. The monoisotopic (exact) mass is 356 g/mol. The molecular formula is C25H40O. The third-order valence-electron chi connectivity index (χ3n) is 9.64. The zero-order chi connectivity index (χ0) is 18.9. The minimum atomic E-state index is -0.116. The zero-order valence-electron chi connectivity index (χ0n) is 17.7. The highest BCUT2D eigenvalue weighted by atomic mass is 16.3. The first-order chi connectivity index (χ1) is 12.2. The second-order valence-electron chi connectivity index (χ2n) is 11.3. The van der Waals surface area contributed by atoms with Crippen LogP contribution in [0.15, 0.2) is 23.8 Å². The molecule has 4 rings (SSSR count). The van der Waals surface area contributed by atoms with E-state index in [4.69, 9.17) is 0 Å². The maximum Gasteiger partial charge on any atom is 0.0610 e. The van der Waals surface area contributed by atoms with Crippen LogP contribution in [0, 0.1) is 46.3 Å². The molecule has 0 aromatic carbocycles. The lowest BCUT2D eigenvalue weighted by Crippen LogP contribution is -2.48. The molecule has 0 spiro atoms. The van der Waals surface area contributed by atoms with Gasteiger partial charge in [-0.25, -0.2) is 0 Å². The van der Waals surface area contributed by atoms with Crippen molar-refractivity contribution >= 4 is 0 Å². The molecule has 0 bridgehead atoms. The van der Waals surface area contributed by atoms with Crippen molar-refractivity contribution in [1.82, 2.24) is 0 Å². The van der Waals surface area contributed by atoms with Crippen molar-refractivity contribution in [2.75, 3.05) is 0 Å². The van der Waals surface area contributed by atoms with Gasteiger partial charge in [-0.1, -0.05) is 44.6 Å². The fourth-order valence-electron chi connectivity index (χ4n) is 8.10. The van der Waals surface area contributed by atoms with Crippen molar-refractivity contribution in [3.8, 4) is 0 Å². The Balaban J connectivity index is 1.74. The molecule has 0 saturated heterocycles. The summed E-state index contributed by atoms with van der Waals surface area (Å²) in [6.07, 6.45) is 11.5. The lowest BCUT2D eigenvalue weighted by Gasteiger charge is -2.56. The molecular weight excluding hydrogens is 316 g/mol. The first-order valence-electron chi connectivity index (χ1n) is 11.2. The molecule has 0 aromatic rings. The Hall–Kier alpha value is -0.560. The van der Waals surface area contributed by atoms with Crippen LogP contribution in [0.2, 0.25) is 0 Å².